The van der Waals surface area contributed by atoms with Crippen molar-refractivity contribution in [1.82, 2.24) is 0 Å². The van der Waals surface area contributed by atoms with Gasteiger partial charge in [-0.1, -0.05) is 134 Å². The summed E-state index contributed by atoms with van der Waals surface area (Å²) in [4.78, 5) is 0. The molecule has 0 aliphatic heterocycles. The summed E-state index contributed by atoms with van der Waals surface area (Å²) < 4.78 is 0. The number of hydrogen-bond acceptors (Lipinski definition) is 0. The number of unbranched alkanes of at least 4 members (excludes halogenated alkanes) is 12. The maximum atomic E-state index is 4.23. The van der Waals surface area contributed by atoms with E-state index in [2.05, 4.69) is 50.8 Å². The minimum Gasteiger partial charge on any atom is -0.0952 e. The highest BCUT2D eigenvalue weighted by molar-refractivity contribution is 5.62. The molecular weight excluding hydrogens is 312 g/mol. The zero-order valence-corrected chi connectivity index (χ0v) is 17.8. The van der Waals surface area contributed by atoms with Crippen molar-refractivity contribution in [3.63, 3.8) is 0 Å². The van der Waals surface area contributed by atoms with Gasteiger partial charge >= 0.3 is 0 Å². The molecule has 0 aliphatic rings. The van der Waals surface area contributed by atoms with Gasteiger partial charge in [-0.2, -0.15) is 0 Å². The molecule has 0 saturated carbocycles. The summed E-state index contributed by atoms with van der Waals surface area (Å²) in [5.74, 6) is 0.887. The van der Waals surface area contributed by atoms with Gasteiger partial charge in [-0.25, -0.2) is 0 Å². The van der Waals surface area contributed by atoms with Crippen LogP contribution in [0.3, 0.4) is 0 Å². The second-order valence-electron chi connectivity index (χ2n) is 8.50. The lowest BCUT2D eigenvalue weighted by Crippen LogP contribution is -1.87. The van der Waals surface area contributed by atoms with Crippen LogP contribution < -0.4 is 0 Å². The van der Waals surface area contributed by atoms with Gasteiger partial charge in [0.15, 0.2) is 0 Å². The van der Waals surface area contributed by atoms with Crippen LogP contribution >= 0.6 is 0 Å². The van der Waals surface area contributed by atoms with E-state index in [0.717, 1.165) is 12.3 Å². The predicted molar refractivity (Wildman–Crippen MR) is 120 cm³/mol. The maximum Gasteiger partial charge on any atom is -0.0230 e. The van der Waals surface area contributed by atoms with Gasteiger partial charge in [0.1, 0.15) is 0 Å². The minimum absolute atomic E-state index is 0.887. The van der Waals surface area contributed by atoms with Gasteiger partial charge in [0.05, 0.1) is 0 Å². The molecule has 0 amide bonds. The molecule has 0 aromatic heterocycles. The number of hydrogen-bond donors (Lipinski definition) is 0. The average Bonchev–Trinajstić information content (AvgIpc) is 2.65. The third-order valence-corrected chi connectivity index (χ3v) is 5.44. The molecule has 148 valence electrons. The number of allylic oxidation sites excluding steroid dienone is 1. The second-order valence-corrected chi connectivity index (χ2v) is 8.50. The normalized spacial score (nSPS) is 11.2. The predicted octanol–water partition coefficient (Wildman–Crippen LogP) is 9.21. The largest absolute Gasteiger partial charge is 0.0952 e. The molecular formula is C26H44. The van der Waals surface area contributed by atoms with Crippen LogP contribution in [0, 0.1) is 5.92 Å². The van der Waals surface area contributed by atoms with Crippen molar-refractivity contribution in [1.29, 1.82) is 0 Å². The monoisotopic (exact) mass is 356 g/mol. The first-order valence-corrected chi connectivity index (χ1v) is 11.4. The van der Waals surface area contributed by atoms with Crippen LogP contribution in [-0.4, -0.2) is 0 Å². The zero-order chi connectivity index (χ0) is 18.9. The van der Waals surface area contributed by atoms with E-state index < -0.39 is 0 Å². The Bertz CT molecular complexity index is 429. The Kier molecular flexibility index (Phi) is 14.3. The molecule has 0 bridgehead atoms. The fourth-order valence-electron chi connectivity index (χ4n) is 3.65. The van der Waals surface area contributed by atoms with Gasteiger partial charge in [-0.15, -0.1) is 0 Å². The molecule has 0 heteroatoms. The van der Waals surface area contributed by atoms with Crippen molar-refractivity contribution in [2.45, 2.75) is 110 Å². The molecule has 26 heavy (non-hydrogen) atoms. The third-order valence-electron chi connectivity index (χ3n) is 5.44. The first-order chi connectivity index (χ1) is 12.7. The summed E-state index contributed by atoms with van der Waals surface area (Å²) >= 11 is 0. The lowest BCUT2D eigenvalue weighted by Gasteiger charge is -2.06. The Balaban J connectivity index is 1.78. The summed E-state index contributed by atoms with van der Waals surface area (Å²) in [5, 5.41) is 0. The molecule has 1 rings (SSSR count). The van der Waals surface area contributed by atoms with Crippen molar-refractivity contribution < 1.29 is 0 Å². The van der Waals surface area contributed by atoms with Gasteiger partial charge in [-0.05, 0) is 29.9 Å². The average molecular weight is 357 g/mol. The maximum absolute atomic E-state index is 4.23. The molecule has 1 aromatic rings. The highest BCUT2D eigenvalue weighted by atomic mass is 14.0. The Morgan fingerprint density at radius 1 is 0.654 bits per heavy atom. The summed E-state index contributed by atoms with van der Waals surface area (Å²) in [5.41, 5.74) is 2.61. The zero-order valence-electron chi connectivity index (χ0n) is 17.8. The van der Waals surface area contributed by atoms with Crippen LogP contribution in [0.25, 0.3) is 5.57 Å². The minimum atomic E-state index is 0.887. The van der Waals surface area contributed by atoms with Crippen LogP contribution in [0.1, 0.15) is 116 Å². The van der Waals surface area contributed by atoms with Crippen molar-refractivity contribution in [2.75, 3.05) is 0 Å². The van der Waals surface area contributed by atoms with E-state index in [-0.39, 0.29) is 0 Å². The molecule has 0 aliphatic carbocycles. The molecule has 0 unspecified atom stereocenters. The van der Waals surface area contributed by atoms with E-state index in [9.17, 15) is 0 Å². The van der Waals surface area contributed by atoms with Gasteiger partial charge in [0.25, 0.3) is 0 Å². The van der Waals surface area contributed by atoms with Gasteiger partial charge in [0.2, 0.25) is 0 Å². The van der Waals surface area contributed by atoms with E-state index in [1.54, 1.807) is 0 Å². The Hall–Kier alpha value is -1.04. The van der Waals surface area contributed by atoms with Gasteiger partial charge in [-0.3, -0.25) is 0 Å². The number of rotatable bonds is 17. The highest BCUT2D eigenvalue weighted by Crippen LogP contribution is 2.20. The Morgan fingerprint density at radius 2 is 1.08 bits per heavy atom. The number of benzene rings is 1. The highest BCUT2D eigenvalue weighted by Gasteiger charge is 1.99. The fourth-order valence-corrected chi connectivity index (χ4v) is 3.65. The van der Waals surface area contributed by atoms with Crippen molar-refractivity contribution in [3.8, 4) is 0 Å². The molecule has 0 nitrogen and oxygen atoms in total. The lowest BCUT2D eigenvalue weighted by molar-refractivity contribution is 0.503. The smallest absolute Gasteiger partial charge is 0.0230 e. The van der Waals surface area contributed by atoms with E-state index in [0.29, 0.717) is 0 Å². The van der Waals surface area contributed by atoms with Crippen LogP contribution in [-0.2, 0) is 0 Å². The Morgan fingerprint density at radius 3 is 1.54 bits per heavy atom. The summed E-state index contributed by atoms with van der Waals surface area (Å²) in [6, 6.07) is 10.6. The van der Waals surface area contributed by atoms with Crippen LogP contribution in [0.15, 0.2) is 36.9 Å². The molecule has 0 N–H and O–H groups in total. The van der Waals surface area contributed by atoms with E-state index in [1.807, 2.05) is 0 Å². The van der Waals surface area contributed by atoms with Crippen LogP contribution in [0.5, 0.6) is 0 Å². The van der Waals surface area contributed by atoms with E-state index in [1.165, 1.54) is 101 Å². The quantitative estimate of drug-likeness (QED) is 0.244. The Labute approximate surface area is 164 Å². The van der Waals surface area contributed by atoms with Crippen LogP contribution in [0.4, 0.5) is 0 Å². The van der Waals surface area contributed by atoms with Crippen molar-refractivity contribution in [3.05, 3.63) is 42.5 Å². The van der Waals surface area contributed by atoms with Crippen LogP contribution in [0.2, 0.25) is 0 Å². The molecule has 0 spiro atoms. The van der Waals surface area contributed by atoms with E-state index in [4.69, 9.17) is 0 Å². The standard InChI is InChI=1S/C26H44/c1-24(2)20-16-13-11-9-7-5-4-6-8-10-12-14-17-21-25(3)26-22-18-15-19-23-26/h15,18-19,22-24H,3-14,16-17,20-21H2,1-2H3. The third kappa shape index (κ3) is 13.2. The van der Waals surface area contributed by atoms with E-state index >= 15 is 0 Å². The summed E-state index contributed by atoms with van der Waals surface area (Å²) in [6.45, 7) is 8.90. The topological polar surface area (TPSA) is 0 Å². The SMILES string of the molecule is C=C(CCCCCCCCCCCCCCCC(C)C)c1ccccc1. The van der Waals surface area contributed by atoms with Gasteiger partial charge in [0, 0.05) is 0 Å². The first-order valence-electron chi connectivity index (χ1n) is 11.4. The molecule has 0 heterocycles. The summed E-state index contributed by atoms with van der Waals surface area (Å²) in [6.07, 6.45) is 21.1. The second kappa shape index (κ2) is 16.2. The van der Waals surface area contributed by atoms with Crippen molar-refractivity contribution >= 4 is 5.57 Å². The fraction of sp³-hybridized carbons (Fsp3) is 0.692. The lowest BCUT2D eigenvalue weighted by atomic mass is 10.00. The van der Waals surface area contributed by atoms with Crippen molar-refractivity contribution in [2.24, 2.45) is 5.92 Å². The molecule has 0 atom stereocenters. The summed E-state index contributed by atoms with van der Waals surface area (Å²) in [7, 11) is 0. The molecule has 0 radical (unpaired) electrons. The molecule has 1 aromatic carbocycles. The van der Waals surface area contributed by atoms with Gasteiger partial charge < -0.3 is 0 Å². The molecule has 0 fully saturated rings. The first kappa shape index (κ1) is 23.0. The molecule has 0 saturated heterocycles.